The molecule has 0 aliphatic carbocycles. The fraction of sp³-hybridized carbons (Fsp3) is 0.650. The molecular formula is C20H28N4O4. The summed E-state index contributed by atoms with van der Waals surface area (Å²) in [6.45, 7) is 2.95. The summed E-state index contributed by atoms with van der Waals surface area (Å²) in [6.07, 6.45) is 6.67. The molecular weight excluding hydrogens is 360 g/mol. The van der Waals surface area contributed by atoms with Crippen molar-refractivity contribution in [1.29, 1.82) is 5.26 Å². The molecule has 3 fully saturated rings. The number of aliphatic hydroxyl groups excluding tert-OH is 1. The number of piperidine rings is 3. The first-order valence-corrected chi connectivity index (χ1v) is 9.80. The van der Waals surface area contributed by atoms with Crippen molar-refractivity contribution in [3.05, 3.63) is 17.8 Å². The van der Waals surface area contributed by atoms with Gasteiger partial charge in [0.1, 0.15) is 11.6 Å². The van der Waals surface area contributed by atoms with Gasteiger partial charge >= 0.3 is 0 Å². The highest BCUT2D eigenvalue weighted by Crippen LogP contribution is 2.42. The van der Waals surface area contributed by atoms with E-state index in [-0.39, 0.29) is 19.1 Å². The number of rotatable bonds is 3. The summed E-state index contributed by atoms with van der Waals surface area (Å²) in [5.74, 6) is 1.45. The van der Waals surface area contributed by atoms with Crippen LogP contribution in [0.4, 0.5) is 5.69 Å². The number of fused-ring (bicyclic) bond motifs is 4. The van der Waals surface area contributed by atoms with E-state index in [1.54, 1.807) is 13.3 Å². The number of aliphatic hydroxyl groups is 1. The van der Waals surface area contributed by atoms with Gasteiger partial charge in [0.05, 0.1) is 19.4 Å². The normalized spacial score (nSPS) is 29.0. The van der Waals surface area contributed by atoms with Gasteiger partial charge in [0.2, 0.25) is 5.88 Å². The zero-order valence-corrected chi connectivity index (χ0v) is 16.2. The van der Waals surface area contributed by atoms with Gasteiger partial charge < -0.3 is 19.8 Å². The molecule has 2 N–H and O–H groups in total. The van der Waals surface area contributed by atoms with Crippen molar-refractivity contribution in [2.75, 3.05) is 38.3 Å². The van der Waals surface area contributed by atoms with Crippen LogP contribution in [0.15, 0.2) is 12.3 Å². The Kier molecular flexibility index (Phi) is 6.70. The number of ether oxygens (including phenoxy) is 1. The molecule has 3 saturated heterocycles. The van der Waals surface area contributed by atoms with Gasteiger partial charge in [0.25, 0.3) is 6.47 Å². The van der Waals surface area contributed by atoms with Crippen LogP contribution in [0.3, 0.4) is 0 Å². The lowest BCUT2D eigenvalue weighted by molar-refractivity contribution is -0.122. The number of pyridine rings is 1. The molecule has 1 aromatic rings. The molecule has 4 atom stereocenters. The van der Waals surface area contributed by atoms with Crippen LogP contribution < -0.4 is 9.64 Å². The summed E-state index contributed by atoms with van der Waals surface area (Å²) >= 11 is 0. The number of nitriles is 1. The van der Waals surface area contributed by atoms with E-state index < -0.39 is 0 Å². The largest absolute Gasteiger partial charge is 0.483 e. The molecule has 0 amide bonds. The Balaban J connectivity index is 0.000000706. The van der Waals surface area contributed by atoms with E-state index in [2.05, 4.69) is 20.9 Å². The summed E-state index contributed by atoms with van der Waals surface area (Å²) in [7, 11) is 1.56. The topological polar surface area (TPSA) is 110 Å². The Morgan fingerprint density at radius 3 is 2.82 bits per heavy atom. The smallest absolute Gasteiger partial charge is 0.290 e. The molecule has 8 nitrogen and oxygen atoms in total. The lowest BCUT2D eigenvalue weighted by Gasteiger charge is -2.56. The van der Waals surface area contributed by atoms with E-state index in [0.29, 0.717) is 29.3 Å². The Morgan fingerprint density at radius 2 is 2.14 bits per heavy atom. The van der Waals surface area contributed by atoms with E-state index in [1.807, 2.05) is 6.07 Å². The predicted molar refractivity (Wildman–Crippen MR) is 103 cm³/mol. The third kappa shape index (κ3) is 3.77. The molecule has 0 radical (unpaired) electrons. The Bertz CT molecular complexity index is 709. The van der Waals surface area contributed by atoms with E-state index in [1.165, 1.54) is 25.7 Å². The fourth-order valence-corrected chi connectivity index (χ4v) is 5.31. The second kappa shape index (κ2) is 9.22. The maximum Gasteiger partial charge on any atom is 0.290 e. The van der Waals surface area contributed by atoms with Gasteiger partial charge in [-0.3, -0.25) is 9.69 Å². The van der Waals surface area contributed by atoms with Crippen molar-refractivity contribution in [2.24, 2.45) is 11.8 Å². The molecule has 1 aromatic heterocycles. The van der Waals surface area contributed by atoms with Crippen molar-refractivity contribution >= 4 is 12.2 Å². The minimum atomic E-state index is -0.250. The van der Waals surface area contributed by atoms with Crippen LogP contribution in [0.25, 0.3) is 0 Å². The molecule has 0 saturated carbocycles. The SMILES string of the molecule is COc1nccc(N2C[C@H]3C[C@@H](C2)[C@H](CO)N2CCCC[C@@H]32)c1C#N.O=CO. The van der Waals surface area contributed by atoms with E-state index >= 15 is 0 Å². The van der Waals surface area contributed by atoms with Crippen LogP contribution in [-0.4, -0.2) is 72.0 Å². The lowest BCUT2D eigenvalue weighted by atomic mass is 9.72. The molecule has 8 heteroatoms. The van der Waals surface area contributed by atoms with E-state index in [0.717, 1.165) is 25.3 Å². The molecule has 4 rings (SSSR count). The summed E-state index contributed by atoms with van der Waals surface area (Å²) < 4.78 is 5.28. The number of methoxy groups -OCH3 is 1. The average molecular weight is 388 g/mol. The second-order valence-electron chi connectivity index (χ2n) is 7.64. The van der Waals surface area contributed by atoms with Crippen LogP contribution in [0.1, 0.15) is 31.2 Å². The first kappa shape index (κ1) is 20.4. The van der Waals surface area contributed by atoms with Crippen LogP contribution in [0.5, 0.6) is 5.88 Å². The number of hydrogen-bond donors (Lipinski definition) is 2. The van der Waals surface area contributed by atoms with Gasteiger partial charge in [-0.25, -0.2) is 4.98 Å². The van der Waals surface area contributed by atoms with Crippen LogP contribution in [-0.2, 0) is 4.79 Å². The number of hydrogen-bond acceptors (Lipinski definition) is 7. The summed E-state index contributed by atoms with van der Waals surface area (Å²) in [6, 6.07) is 5.01. The Hall–Kier alpha value is -2.37. The number of anilines is 1. The van der Waals surface area contributed by atoms with Crippen molar-refractivity contribution < 1.29 is 19.7 Å². The minimum absolute atomic E-state index is 0.229. The monoisotopic (exact) mass is 388 g/mol. The third-order valence-corrected chi connectivity index (χ3v) is 6.35. The highest BCUT2D eigenvalue weighted by molar-refractivity contribution is 5.63. The van der Waals surface area contributed by atoms with Gasteiger partial charge in [-0.1, -0.05) is 6.42 Å². The van der Waals surface area contributed by atoms with Crippen molar-refractivity contribution in [1.82, 2.24) is 9.88 Å². The zero-order valence-electron chi connectivity index (χ0n) is 16.2. The number of aromatic nitrogens is 1. The summed E-state index contributed by atoms with van der Waals surface area (Å²) in [5, 5.41) is 26.5. The van der Waals surface area contributed by atoms with Gasteiger partial charge in [-0.2, -0.15) is 5.26 Å². The highest BCUT2D eigenvalue weighted by Gasteiger charge is 2.47. The second-order valence-corrected chi connectivity index (χ2v) is 7.64. The quantitative estimate of drug-likeness (QED) is 0.747. The molecule has 28 heavy (non-hydrogen) atoms. The van der Waals surface area contributed by atoms with Crippen molar-refractivity contribution in [3.63, 3.8) is 0 Å². The summed E-state index contributed by atoms with van der Waals surface area (Å²) in [4.78, 5) is 17.4. The van der Waals surface area contributed by atoms with Gasteiger partial charge in [0, 0.05) is 31.4 Å². The van der Waals surface area contributed by atoms with Gasteiger partial charge in [0.15, 0.2) is 0 Å². The maximum atomic E-state index is 10.0. The van der Waals surface area contributed by atoms with Gasteiger partial charge in [-0.05, 0) is 43.7 Å². The van der Waals surface area contributed by atoms with E-state index in [9.17, 15) is 10.4 Å². The molecule has 2 bridgehead atoms. The Labute approximate surface area is 165 Å². The standard InChI is InChI=1S/C19H26N4O2.CH2O2/c1-25-19-15(9-20)17(5-6-21-19)22-10-13-8-14(11-22)18(12-24)23-7-3-2-4-16(13)23;2-1-3/h5-6,13-14,16,18,24H,2-4,7-8,10-12H2,1H3;1H,(H,2,3)/t13-,14+,16+,18+;/m1./s1. The third-order valence-electron chi connectivity index (χ3n) is 6.35. The summed E-state index contributed by atoms with van der Waals surface area (Å²) in [5.41, 5.74) is 1.44. The fourth-order valence-electron chi connectivity index (χ4n) is 5.31. The maximum absolute atomic E-state index is 10.0. The Morgan fingerprint density at radius 1 is 1.39 bits per heavy atom. The molecule has 0 unspecified atom stereocenters. The number of nitrogens with zero attached hydrogens (tertiary/aromatic N) is 4. The van der Waals surface area contributed by atoms with Crippen molar-refractivity contribution in [3.8, 4) is 11.9 Å². The number of carbonyl (C=O) groups is 1. The van der Waals surface area contributed by atoms with Crippen LogP contribution in [0.2, 0.25) is 0 Å². The van der Waals surface area contributed by atoms with Gasteiger partial charge in [-0.15, -0.1) is 0 Å². The highest BCUT2D eigenvalue weighted by atomic mass is 16.5. The molecule has 3 aliphatic heterocycles. The molecule has 0 spiro atoms. The minimum Gasteiger partial charge on any atom is -0.483 e. The van der Waals surface area contributed by atoms with E-state index in [4.69, 9.17) is 14.6 Å². The first-order chi connectivity index (χ1) is 13.7. The molecule has 4 heterocycles. The molecule has 152 valence electrons. The lowest BCUT2D eigenvalue weighted by Crippen LogP contribution is -2.64. The van der Waals surface area contributed by atoms with Crippen molar-refractivity contribution in [2.45, 2.75) is 37.8 Å². The molecule has 3 aliphatic rings. The van der Waals surface area contributed by atoms with Crippen LogP contribution >= 0.6 is 0 Å². The van der Waals surface area contributed by atoms with Crippen LogP contribution in [0, 0.1) is 23.2 Å². The predicted octanol–water partition coefficient (Wildman–Crippen LogP) is 1.33. The first-order valence-electron chi connectivity index (χ1n) is 9.80. The zero-order chi connectivity index (χ0) is 20.1. The number of carboxylic acid groups (broad SMARTS) is 1. The molecule has 0 aromatic carbocycles. The average Bonchev–Trinajstić information content (AvgIpc) is 2.74.